The zero-order valence-corrected chi connectivity index (χ0v) is 13.6. The number of fused-ring (bicyclic) bond motifs is 1. The van der Waals surface area contributed by atoms with E-state index in [1.165, 1.54) is 0 Å². The van der Waals surface area contributed by atoms with E-state index < -0.39 is 15.6 Å². The van der Waals surface area contributed by atoms with Gasteiger partial charge in [-0.1, -0.05) is 25.1 Å². The summed E-state index contributed by atoms with van der Waals surface area (Å²) in [6.45, 7) is 5.70. The van der Waals surface area contributed by atoms with Gasteiger partial charge in [-0.2, -0.15) is 0 Å². The maximum atomic E-state index is 12.7. The third kappa shape index (κ3) is 3.36. The van der Waals surface area contributed by atoms with Gasteiger partial charge >= 0.3 is 0 Å². The van der Waals surface area contributed by atoms with Crippen LogP contribution in [0.1, 0.15) is 27.2 Å². The summed E-state index contributed by atoms with van der Waals surface area (Å²) in [5, 5.41) is 1.53. The molecule has 2 aromatic rings. The number of methoxy groups -OCH3 is 1. The first kappa shape index (κ1) is 15.8. The van der Waals surface area contributed by atoms with E-state index in [1.54, 1.807) is 25.3 Å². The van der Waals surface area contributed by atoms with E-state index in [2.05, 4.69) is 4.72 Å². The Bertz CT molecular complexity index is 751. The number of hydrogen-bond acceptors (Lipinski definition) is 3. The van der Waals surface area contributed by atoms with Crippen molar-refractivity contribution in [3.63, 3.8) is 0 Å². The van der Waals surface area contributed by atoms with Gasteiger partial charge in [-0.05, 0) is 43.9 Å². The molecule has 0 bridgehead atoms. The molecule has 0 saturated heterocycles. The van der Waals surface area contributed by atoms with Gasteiger partial charge in [-0.3, -0.25) is 0 Å². The van der Waals surface area contributed by atoms with E-state index in [0.29, 0.717) is 17.6 Å². The monoisotopic (exact) mass is 307 g/mol. The molecule has 0 aliphatic rings. The van der Waals surface area contributed by atoms with Crippen LogP contribution >= 0.6 is 0 Å². The lowest BCUT2D eigenvalue weighted by Gasteiger charge is -2.24. The zero-order chi connectivity index (χ0) is 15.7. The smallest absolute Gasteiger partial charge is 0.241 e. The second-order valence-electron chi connectivity index (χ2n) is 5.69. The standard InChI is InChI=1S/C16H21NO3S/c1-5-16(2,3)17-21(18,19)15-8-6-7-12-9-10-13(20-4)11-14(12)15/h6-11,17H,5H2,1-4H3. The Hall–Kier alpha value is -1.59. The molecule has 2 rings (SSSR count). The second-order valence-corrected chi connectivity index (χ2v) is 7.34. The lowest BCUT2D eigenvalue weighted by atomic mass is 10.0. The fourth-order valence-corrected chi connectivity index (χ4v) is 3.78. The fourth-order valence-electron chi connectivity index (χ4n) is 2.08. The van der Waals surface area contributed by atoms with Gasteiger partial charge in [0.15, 0.2) is 0 Å². The highest BCUT2D eigenvalue weighted by Gasteiger charge is 2.25. The highest BCUT2D eigenvalue weighted by Crippen LogP contribution is 2.28. The Morgan fingerprint density at radius 1 is 1.19 bits per heavy atom. The molecule has 114 valence electrons. The number of hydrogen-bond donors (Lipinski definition) is 1. The molecule has 21 heavy (non-hydrogen) atoms. The van der Waals surface area contributed by atoms with Crippen molar-refractivity contribution in [2.75, 3.05) is 7.11 Å². The number of sulfonamides is 1. The normalized spacial score (nSPS) is 12.6. The molecule has 4 nitrogen and oxygen atoms in total. The minimum Gasteiger partial charge on any atom is -0.497 e. The van der Waals surface area contributed by atoms with Crippen molar-refractivity contribution < 1.29 is 13.2 Å². The molecule has 0 unspecified atom stereocenters. The number of nitrogens with one attached hydrogen (secondary N) is 1. The molecule has 0 aliphatic carbocycles. The minimum atomic E-state index is -3.59. The molecule has 5 heteroatoms. The molecule has 0 amide bonds. The van der Waals surface area contributed by atoms with Crippen molar-refractivity contribution in [2.45, 2.75) is 37.6 Å². The predicted molar refractivity (Wildman–Crippen MR) is 85.2 cm³/mol. The zero-order valence-electron chi connectivity index (χ0n) is 12.8. The topological polar surface area (TPSA) is 55.4 Å². The van der Waals surface area contributed by atoms with Crippen molar-refractivity contribution in [3.8, 4) is 5.75 Å². The Labute approximate surface area is 126 Å². The molecular weight excluding hydrogens is 286 g/mol. The molecule has 0 aromatic heterocycles. The summed E-state index contributed by atoms with van der Waals surface area (Å²) in [6.07, 6.45) is 0.709. The minimum absolute atomic E-state index is 0.278. The van der Waals surface area contributed by atoms with Crippen LogP contribution < -0.4 is 9.46 Å². The molecule has 0 atom stereocenters. The summed E-state index contributed by atoms with van der Waals surface area (Å²) >= 11 is 0. The second kappa shape index (κ2) is 5.66. The first-order chi connectivity index (χ1) is 9.79. The number of benzene rings is 2. The van der Waals surface area contributed by atoms with Crippen LogP contribution in [-0.4, -0.2) is 21.1 Å². The van der Waals surface area contributed by atoms with E-state index >= 15 is 0 Å². The van der Waals surface area contributed by atoms with Crippen LogP contribution in [0, 0.1) is 0 Å². The van der Waals surface area contributed by atoms with Crippen LogP contribution in [0.2, 0.25) is 0 Å². The van der Waals surface area contributed by atoms with E-state index in [0.717, 1.165) is 5.39 Å². The molecule has 2 aromatic carbocycles. The van der Waals surface area contributed by atoms with Gasteiger partial charge in [0, 0.05) is 10.9 Å². The lowest BCUT2D eigenvalue weighted by molar-refractivity contribution is 0.415. The summed E-state index contributed by atoms with van der Waals surface area (Å²) in [5.41, 5.74) is -0.486. The molecule has 0 spiro atoms. The van der Waals surface area contributed by atoms with Crippen LogP contribution in [0.15, 0.2) is 41.3 Å². The van der Waals surface area contributed by atoms with E-state index in [4.69, 9.17) is 4.74 Å². The van der Waals surface area contributed by atoms with Gasteiger partial charge in [0.1, 0.15) is 5.75 Å². The predicted octanol–water partition coefficient (Wildman–Crippen LogP) is 3.32. The van der Waals surface area contributed by atoms with E-state index in [1.807, 2.05) is 39.0 Å². The van der Waals surface area contributed by atoms with E-state index in [9.17, 15) is 8.42 Å². The average molecular weight is 307 g/mol. The Morgan fingerprint density at radius 3 is 2.52 bits per heavy atom. The maximum Gasteiger partial charge on any atom is 0.241 e. The quantitative estimate of drug-likeness (QED) is 0.922. The number of ether oxygens (including phenoxy) is 1. The molecular formula is C16H21NO3S. The van der Waals surface area contributed by atoms with Gasteiger partial charge < -0.3 is 4.74 Å². The van der Waals surface area contributed by atoms with Crippen LogP contribution in [-0.2, 0) is 10.0 Å². The van der Waals surface area contributed by atoms with Gasteiger partial charge in [0.2, 0.25) is 10.0 Å². The largest absolute Gasteiger partial charge is 0.497 e. The molecule has 1 N–H and O–H groups in total. The van der Waals surface area contributed by atoms with E-state index in [-0.39, 0.29) is 4.90 Å². The lowest BCUT2D eigenvalue weighted by Crippen LogP contribution is -2.42. The summed E-state index contributed by atoms with van der Waals surface area (Å²) in [5.74, 6) is 0.639. The summed E-state index contributed by atoms with van der Waals surface area (Å²) in [7, 11) is -2.02. The van der Waals surface area contributed by atoms with Crippen LogP contribution in [0.3, 0.4) is 0 Å². The highest BCUT2D eigenvalue weighted by atomic mass is 32.2. The molecule has 0 fully saturated rings. The van der Waals surface area contributed by atoms with Crippen molar-refractivity contribution >= 4 is 20.8 Å². The Morgan fingerprint density at radius 2 is 1.90 bits per heavy atom. The van der Waals surface area contributed by atoms with Crippen LogP contribution in [0.5, 0.6) is 5.75 Å². The Balaban J connectivity index is 2.60. The average Bonchev–Trinajstić information content (AvgIpc) is 2.45. The van der Waals surface area contributed by atoms with Gasteiger partial charge in [0.25, 0.3) is 0 Å². The molecule has 0 saturated carbocycles. The first-order valence-electron chi connectivity index (χ1n) is 6.90. The van der Waals surface area contributed by atoms with Gasteiger partial charge in [0.05, 0.1) is 12.0 Å². The van der Waals surface area contributed by atoms with Crippen molar-refractivity contribution in [3.05, 3.63) is 36.4 Å². The summed E-state index contributed by atoms with van der Waals surface area (Å²) < 4.78 is 33.3. The maximum absolute atomic E-state index is 12.7. The van der Waals surface area contributed by atoms with Crippen molar-refractivity contribution in [1.29, 1.82) is 0 Å². The third-order valence-electron chi connectivity index (χ3n) is 3.63. The molecule has 0 aliphatic heterocycles. The number of rotatable bonds is 5. The van der Waals surface area contributed by atoms with Crippen LogP contribution in [0.4, 0.5) is 0 Å². The first-order valence-corrected chi connectivity index (χ1v) is 8.38. The molecule has 0 heterocycles. The Kier molecular flexibility index (Phi) is 4.25. The fraction of sp³-hybridized carbons (Fsp3) is 0.375. The van der Waals surface area contributed by atoms with Crippen molar-refractivity contribution in [1.82, 2.24) is 4.72 Å². The third-order valence-corrected chi connectivity index (χ3v) is 5.39. The van der Waals surface area contributed by atoms with Crippen LogP contribution in [0.25, 0.3) is 10.8 Å². The summed E-state index contributed by atoms with van der Waals surface area (Å²) in [4.78, 5) is 0.278. The summed E-state index contributed by atoms with van der Waals surface area (Å²) in [6, 6.07) is 10.7. The van der Waals surface area contributed by atoms with Gasteiger partial charge in [-0.25, -0.2) is 13.1 Å². The molecule has 0 radical (unpaired) electrons. The van der Waals surface area contributed by atoms with Gasteiger partial charge in [-0.15, -0.1) is 0 Å². The highest BCUT2D eigenvalue weighted by molar-refractivity contribution is 7.89. The van der Waals surface area contributed by atoms with Crippen molar-refractivity contribution in [2.24, 2.45) is 0 Å². The SMILES string of the molecule is CCC(C)(C)NS(=O)(=O)c1cccc2ccc(OC)cc12.